The zero-order valence-electron chi connectivity index (χ0n) is 22.3. The zero-order valence-corrected chi connectivity index (χ0v) is 23.9. The van der Waals surface area contributed by atoms with E-state index in [9.17, 15) is 23.1 Å². The Kier molecular flexibility index (Phi) is 13.5. The molecule has 0 saturated heterocycles. The van der Waals surface area contributed by atoms with Gasteiger partial charge in [0.25, 0.3) is 0 Å². The van der Waals surface area contributed by atoms with Gasteiger partial charge in [-0.05, 0) is 62.3 Å². The van der Waals surface area contributed by atoms with Gasteiger partial charge in [-0.15, -0.1) is 12.4 Å². The molecule has 1 aliphatic heterocycles. The maximum Gasteiger partial charge on any atom is 0.408 e. The summed E-state index contributed by atoms with van der Waals surface area (Å²) < 4.78 is 28.6. The Morgan fingerprint density at radius 1 is 1.13 bits per heavy atom. The molecule has 1 aromatic heterocycles. The number of halogens is 1. The van der Waals surface area contributed by atoms with Crippen LogP contribution in [0.5, 0.6) is 0 Å². The molecule has 3 rings (SSSR count). The number of amides is 1. The van der Waals surface area contributed by atoms with Gasteiger partial charge in [0.2, 0.25) is 0 Å². The average Bonchev–Trinajstić information content (AvgIpc) is 2.90. The number of hydrogen-bond donors (Lipinski definition) is 3. The maximum atomic E-state index is 12.2. The molecule has 12 heteroatoms. The third-order valence-electron chi connectivity index (χ3n) is 6.42. The highest BCUT2D eigenvalue weighted by atomic mass is 35.5. The number of sulfone groups is 1. The summed E-state index contributed by atoms with van der Waals surface area (Å²) in [7, 11) is -3.17. The van der Waals surface area contributed by atoms with Crippen molar-refractivity contribution in [3.05, 3.63) is 59.3 Å². The summed E-state index contributed by atoms with van der Waals surface area (Å²) >= 11 is 0. The fourth-order valence-electron chi connectivity index (χ4n) is 4.26. The highest BCUT2D eigenvalue weighted by molar-refractivity contribution is 7.90. The van der Waals surface area contributed by atoms with Crippen molar-refractivity contribution in [2.24, 2.45) is 0 Å². The van der Waals surface area contributed by atoms with E-state index in [1.807, 2.05) is 23.1 Å². The fourth-order valence-corrected chi connectivity index (χ4v) is 4.85. The molecule has 0 aliphatic carbocycles. The topological polar surface area (TPSA) is 138 Å². The Bertz CT molecular complexity index is 1170. The van der Waals surface area contributed by atoms with Crippen LogP contribution < -0.4 is 10.6 Å². The number of carboxylic acid groups (broad SMARTS) is 1. The number of hydrogen-bond acceptors (Lipinski definition) is 8. The number of benzene rings is 1. The van der Waals surface area contributed by atoms with Crippen LogP contribution in [-0.2, 0) is 38.8 Å². The molecule has 0 unspecified atom stereocenters. The van der Waals surface area contributed by atoms with Crippen LogP contribution in [0, 0.1) is 0 Å². The van der Waals surface area contributed by atoms with Gasteiger partial charge < -0.3 is 25.4 Å². The molecular weight excluding hydrogens is 544 g/mol. The number of ether oxygens (including phenoxy) is 1. The quantitative estimate of drug-likeness (QED) is 0.270. The summed E-state index contributed by atoms with van der Waals surface area (Å²) in [5, 5.41) is 15.4. The van der Waals surface area contributed by atoms with Crippen molar-refractivity contribution < 1.29 is 27.9 Å². The van der Waals surface area contributed by atoms with Crippen LogP contribution in [0.3, 0.4) is 0 Å². The van der Waals surface area contributed by atoms with Gasteiger partial charge in [-0.2, -0.15) is 0 Å². The van der Waals surface area contributed by atoms with Gasteiger partial charge in [0.15, 0.2) is 0 Å². The number of aliphatic carboxylic acids is 1. The first-order chi connectivity index (χ1) is 18.2. The predicted molar refractivity (Wildman–Crippen MR) is 153 cm³/mol. The van der Waals surface area contributed by atoms with E-state index in [1.54, 1.807) is 12.1 Å². The van der Waals surface area contributed by atoms with Gasteiger partial charge >= 0.3 is 12.1 Å². The van der Waals surface area contributed by atoms with E-state index in [2.05, 4.69) is 22.8 Å². The molecule has 1 amide bonds. The Labute approximate surface area is 236 Å². The number of unbranched alkanes of at least 4 members (excludes halogenated alkanes) is 1. The third kappa shape index (κ3) is 12.2. The normalized spacial score (nSPS) is 13.5. The van der Waals surface area contributed by atoms with E-state index >= 15 is 0 Å². The number of aromatic nitrogens is 1. The van der Waals surface area contributed by atoms with Gasteiger partial charge in [0.05, 0.1) is 5.75 Å². The largest absolute Gasteiger partial charge is 0.480 e. The van der Waals surface area contributed by atoms with Crippen molar-refractivity contribution in [2.45, 2.75) is 51.2 Å². The lowest BCUT2D eigenvalue weighted by Crippen LogP contribution is -2.44. The molecule has 2 heterocycles. The van der Waals surface area contributed by atoms with Gasteiger partial charge in [-0.1, -0.05) is 36.4 Å². The summed E-state index contributed by atoms with van der Waals surface area (Å²) in [6.07, 6.45) is 5.14. The Hall–Kier alpha value is -2.89. The number of pyridine rings is 1. The van der Waals surface area contributed by atoms with E-state index in [-0.39, 0.29) is 31.2 Å². The van der Waals surface area contributed by atoms with E-state index in [4.69, 9.17) is 9.72 Å². The summed E-state index contributed by atoms with van der Waals surface area (Å²) in [6, 6.07) is 12.2. The number of nitrogens with zero attached hydrogens (tertiary/aromatic N) is 2. The smallest absolute Gasteiger partial charge is 0.408 e. The summed E-state index contributed by atoms with van der Waals surface area (Å²) in [4.78, 5) is 30.6. The molecule has 1 atom stereocenters. The highest BCUT2D eigenvalue weighted by Gasteiger charge is 2.22. The molecule has 3 N–H and O–H groups in total. The predicted octanol–water partition coefficient (Wildman–Crippen LogP) is 3.30. The number of carboxylic acids is 1. The van der Waals surface area contributed by atoms with Gasteiger partial charge in [0, 0.05) is 31.6 Å². The highest BCUT2D eigenvalue weighted by Crippen LogP contribution is 2.20. The van der Waals surface area contributed by atoms with Gasteiger partial charge in [-0.25, -0.2) is 23.0 Å². The molecule has 0 radical (unpaired) electrons. The fraction of sp³-hybridized carbons (Fsp3) is 0.519. The van der Waals surface area contributed by atoms with Crippen LogP contribution in [0.25, 0.3) is 0 Å². The lowest BCUT2D eigenvalue weighted by atomic mass is 10.1. The number of rotatable bonds is 15. The minimum Gasteiger partial charge on any atom is -0.480 e. The molecule has 1 aromatic carbocycles. The molecule has 0 saturated carbocycles. The van der Waals surface area contributed by atoms with Crippen LogP contribution in [0.2, 0.25) is 0 Å². The first kappa shape index (κ1) is 32.3. The second-order valence-electron chi connectivity index (χ2n) is 9.65. The first-order valence-electron chi connectivity index (χ1n) is 13.0. The minimum absolute atomic E-state index is 0. The van der Waals surface area contributed by atoms with Crippen molar-refractivity contribution in [1.29, 1.82) is 0 Å². The lowest BCUT2D eigenvalue weighted by Gasteiger charge is -2.24. The minimum atomic E-state index is -3.17. The molecule has 2 aromatic rings. The SMILES string of the molecule is CS(=O)(=O)CCN(CCCCc1ccc2c(n1)NCCC2)CC[C@H](NC(=O)OCc1ccccc1)C(=O)O.Cl. The summed E-state index contributed by atoms with van der Waals surface area (Å²) in [5.74, 6) is -0.218. The van der Waals surface area contributed by atoms with E-state index in [1.165, 1.54) is 11.8 Å². The maximum absolute atomic E-state index is 12.2. The van der Waals surface area contributed by atoms with E-state index in [0.29, 0.717) is 19.6 Å². The number of alkyl carbamates (subject to hydrolysis) is 1. The van der Waals surface area contributed by atoms with Crippen molar-refractivity contribution >= 4 is 40.1 Å². The molecule has 216 valence electrons. The summed E-state index contributed by atoms with van der Waals surface area (Å²) in [5.41, 5.74) is 3.06. The van der Waals surface area contributed by atoms with Gasteiger partial charge in [-0.3, -0.25) is 0 Å². The van der Waals surface area contributed by atoms with Crippen LogP contribution in [-0.4, -0.2) is 79.7 Å². The Morgan fingerprint density at radius 3 is 2.62 bits per heavy atom. The number of aryl methyl sites for hydroxylation is 2. The molecule has 0 bridgehead atoms. The second kappa shape index (κ2) is 16.3. The first-order valence-corrected chi connectivity index (χ1v) is 15.1. The molecule has 0 spiro atoms. The van der Waals surface area contributed by atoms with Crippen molar-refractivity contribution in [3.8, 4) is 0 Å². The monoisotopic (exact) mass is 582 g/mol. The standard InChI is InChI=1S/C27H38N4O6S.ClH/c1-38(35,36)19-18-31(16-6-5-11-23-13-12-22-10-7-15-28-25(22)29-23)17-14-24(26(32)33)30-27(34)37-20-21-8-3-2-4-9-21;/h2-4,8-9,12-13,24H,5-7,10-11,14-20H2,1H3,(H,28,29)(H,30,34)(H,32,33);1H/t24-;/m0./s1. The van der Waals surface area contributed by atoms with E-state index in [0.717, 1.165) is 55.7 Å². The van der Waals surface area contributed by atoms with Crippen LogP contribution in [0.15, 0.2) is 42.5 Å². The number of carbonyl (C=O) groups is 2. The number of carbonyl (C=O) groups excluding carboxylic acids is 1. The third-order valence-corrected chi connectivity index (χ3v) is 7.35. The molecule has 1 aliphatic rings. The van der Waals surface area contributed by atoms with Crippen LogP contribution in [0.4, 0.5) is 10.6 Å². The van der Waals surface area contributed by atoms with Crippen LogP contribution >= 0.6 is 12.4 Å². The zero-order chi connectivity index (χ0) is 27.4. The van der Waals surface area contributed by atoms with Crippen molar-refractivity contribution in [3.63, 3.8) is 0 Å². The number of nitrogens with one attached hydrogen (secondary N) is 2. The van der Waals surface area contributed by atoms with Crippen LogP contribution in [0.1, 0.15) is 42.5 Å². The van der Waals surface area contributed by atoms with Gasteiger partial charge in [0.1, 0.15) is 28.3 Å². The lowest BCUT2D eigenvalue weighted by molar-refractivity contribution is -0.139. The number of fused-ring (bicyclic) bond motifs is 1. The Morgan fingerprint density at radius 2 is 1.90 bits per heavy atom. The molecular formula is C27H39ClN4O6S. The molecule has 39 heavy (non-hydrogen) atoms. The van der Waals surface area contributed by atoms with E-state index < -0.39 is 27.9 Å². The molecule has 0 fully saturated rings. The van der Waals surface area contributed by atoms with Crippen molar-refractivity contribution in [1.82, 2.24) is 15.2 Å². The molecule has 10 nitrogen and oxygen atoms in total. The number of anilines is 1. The second-order valence-corrected chi connectivity index (χ2v) is 11.9. The Balaban J connectivity index is 0.00000533. The average molecular weight is 583 g/mol. The summed E-state index contributed by atoms with van der Waals surface area (Å²) in [6.45, 7) is 2.21. The van der Waals surface area contributed by atoms with Crippen molar-refractivity contribution in [2.75, 3.05) is 43.5 Å².